The summed E-state index contributed by atoms with van der Waals surface area (Å²) in [5, 5.41) is 2.82. The van der Waals surface area contributed by atoms with Crippen molar-refractivity contribution < 1.29 is 14.3 Å². The third-order valence-corrected chi connectivity index (χ3v) is 2.79. The predicted octanol–water partition coefficient (Wildman–Crippen LogP) is 0.968. The van der Waals surface area contributed by atoms with Gasteiger partial charge in [0.15, 0.2) is 0 Å². The fraction of sp³-hybridized carbons (Fsp3) is 0.273. The van der Waals surface area contributed by atoms with Crippen LogP contribution < -0.4 is 11.1 Å². The normalized spacial score (nSPS) is 18.9. The van der Waals surface area contributed by atoms with Crippen molar-refractivity contribution in [2.75, 3.05) is 12.3 Å². The van der Waals surface area contributed by atoms with Gasteiger partial charge < -0.3 is 15.8 Å². The summed E-state index contributed by atoms with van der Waals surface area (Å²) >= 11 is 5.89. The van der Waals surface area contributed by atoms with E-state index in [4.69, 9.17) is 22.1 Å². The Bertz CT molecular complexity index is 476. The number of nitrogen functional groups attached to an aromatic ring is 1. The second kappa shape index (κ2) is 4.63. The Morgan fingerprint density at radius 2 is 2.29 bits per heavy atom. The summed E-state index contributed by atoms with van der Waals surface area (Å²) in [4.78, 5) is 23.0. The van der Waals surface area contributed by atoms with Gasteiger partial charge in [-0.25, -0.2) is 4.79 Å². The molecule has 17 heavy (non-hydrogen) atoms. The number of ether oxygens (including phenoxy) is 1. The van der Waals surface area contributed by atoms with Crippen molar-refractivity contribution in [2.45, 2.75) is 12.5 Å². The molecule has 5 nitrogen and oxygen atoms in total. The van der Waals surface area contributed by atoms with E-state index in [1.54, 1.807) is 6.07 Å². The molecule has 2 rings (SSSR count). The van der Waals surface area contributed by atoms with Gasteiger partial charge in [0, 0.05) is 12.1 Å². The maximum absolute atomic E-state index is 11.8. The van der Waals surface area contributed by atoms with Gasteiger partial charge in [0.25, 0.3) is 5.91 Å². The highest BCUT2D eigenvalue weighted by molar-refractivity contribution is 6.34. The number of carbonyl (C=O) groups is 2. The van der Waals surface area contributed by atoms with E-state index in [0.29, 0.717) is 24.3 Å². The summed E-state index contributed by atoms with van der Waals surface area (Å²) in [5.74, 6) is -0.816. The quantitative estimate of drug-likeness (QED) is 0.609. The summed E-state index contributed by atoms with van der Waals surface area (Å²) in [6.07, 6.45) is 0.483. The van der Waals surface area contributed by atoms with Gasteiger partial charge in [-0.2, -0.15) is 0 Å². The number of cyclic esters (lactones) is 1. The lowest BCUT2D eigenvalue weighted by molar-refractivity contribution is -0.139. The zero-order valence-electron chi connectivity index (χ0n) is 8.90. The lowest BCUT2D eigenvalue weighted by Crippen LogP contribution is -2.38. The standard InChI is InChI=1S/C11H11ClN2O3/c12-8-5-6(13)1-2-7(8)10(15)14-9-3-4-17-11(9)16/h1-2,5,9H,3-4,13H2,(H,14,15). The number of rotatable bonds is 2. The first kappa shape index (κ1) is 11.7. The topological polar surface area (TPSA) is 81.4 Å². The largest absolute Gasteiger partial charge is 0.464 e. The van der Waals surface area contributed by atoms with Crippen LogP contribution in [0.25, 0.3) is 0 Å². The molecule has 0 spiro atoms. The van der Waals surface area contributed by atoms with Gasteiger partial charge in [-0.3, -0.25) is 4.79 Å². The number of amides is 1. The molecule has 1 heterocycles. The van der Waals surface area contributed by atoms with Crippen LogP contribution in [0.15, 0.2) is 18.2 Å². The molecule has 1 fully saturated rings. The molecule has 3 N–H and O–H groups in total. The molecule has 1 aromatic rings. The highest BCUT2D eigenvalue weighted by Gasteiger charge is 2.28. The van der Waals surface area contributed by atoms with Crippen LogP contribution in [0.1, 0.15) is 16.8 Å². The van der Waals surface area contributed by atoms with Crippen LogP contribution in [0, 0.1) is 0 Å². The SMILES string of the molecule is Nc1ccc(C(=O)NC2CCOC2=O)c(Cl)c1. The number of esters is 1. The molecule has 0 saturated carbocycles. The van der Waals surface area contributed by atoms with Crippen LogP contribution in [-0.2, 0) is 9.53 Å². The molecule has 0 radical (unpaired) electrons. The first-order valence-electron chi connectivity index (χ1n) is 5.10. The molecule has 1 aliphatic heterocycles. The molecule has 1 saturated heterocycles. The second-order valence-corrected chi connectivity index (χ2v) is 4.13. The Kier molecular flexibility index (Phi) is 3.19. The van der Waals surface area contributed by atoms with Crippen molar-refractivity contribution in [2.24, 2.45) is 0 Å². The minimum Gasteiger partial charge on any atom is -0.464 e. The van der Waals surface area contributed by atoms with Crippen molar-refractivity contribution in [3.05, 3.63) is 28.8 Å². The predicted molar refractivity (Wildman–Crippen MR) is 62.7 cm³/mol. The molecule has 1 atom stereocenters. The van der Waals surface area contributed by atoms with E-state index in [0.717, 1.165) is 0 Å². The molecule has 1 amide bonds. The smallest absolute Gasteiger partial charge is 0.328 e. The van der Waals surface area contributed by atoms with E-state index in [1.807, 2.05) is 0 Å². The summed E-state index contributed by atoms with van der Waals surface area (Å²) in [5.41, 5.74) is 6.29. The molecule has 90 valence electrons. The number of hydrogen-bond acceptors (Lipinski definition) is 4. The van der Waals surface area contributed by atoms with Crippen molar-refractivity contribution in [1.82, 2.24) is 5.32 Å². The van der Waals surface area contributed by atoms with Gasteiger partial charge in [0.2, 0.25) is 0 Å². The molecule has 0 aromatic heterocycles. The minimum atomic E-state index is -0.587. The third-order valence-electron chi connectivity index (χ3n) is 2.48. The monoisotopic (exact) mass is 254 g/mol. The fourth-order valence-electron chi connectivity index (χ4n) is 1.58. The van der Waals surface area contributed by atoms with Gasteiger partial charge in [0.05, 0.1) is 17.2 Å². The number of benzene rings is 1. The Morgan fingerprint density at radius 3 is 2.88 bits per heavy atom. The summed E-state index contributed by atoms with van der Waals surface area (Å²) in [7, 11) is 0. The van der Waals surface area contributed by atoms with E-state index < -0.39 is 17.9 Å². The van der Waals surface area contributed by atoms with Gasteiger partial charge in [-0.15, -0.1) is 0 Å². The number of carbonyl (C=O) groups excluding carboxylic acids is 2. The average molecular weight is 255 g/mol. The Hall–Kier alpha value is -1.75. The van der Waals surface area contributed by atoms with E-state index >= 15 is 0 Å². The molecule has 1 aliphatic rings. The lowest BCUT2D eigenvalue weighted by Gasteiger charge is -2.10. The van der Waals surface area contributed by atoms with E-state index in [1.165, 1.54) is 12.1 Å². The van der Waals surface area contributed by atoms with Crippen molar-refractivity contribution in [3.8, 4) is 0 Å². The third kappa shape index (κ3) is 2.50. The van der Waals surface area contributed by atoms with Crippen LogP contribution in [0.5, 0.6) is 0 Å². The number of nitrogens with two attached hydrogens (primary N) is 1. The first-order valence-corrected chi connectivity index (χ1v) is 5.48. The van der Waals surface area contributed by atoms with Crippen molar-refractivity contribution in [1.29, 1.82) is 0 Å². The number of anilines is 1. The van der Waals surface area contributed by atoms with Gasteiger partial charge in [-0.1, -0.05) is 11.6 Å². The molecular formula is C11H11ClN2O3. The van der Waals surface area contributed by atoms with E-state index in [-0.39, 0.29) is 5.02 Å². The second-order valence-electron chi connectivity index (χ2n) is 3.72. The average Bonchev–Trinajstić information content (AvgIpc) is 2.64. The van der Waals surface area contributed by atoms with Crippen LogP contribution in [-0.4, -0.2) is 24.5 Å². The van der Waals surface area contributed by atoms with Crippen LogP contribution in [0.3, 0.4) is 0 Å². The summed E-state index contributed by atoms with van der Waals surface area (Å²) < 4.78 is 4.74. The number of nitrogens with one attached hydrogen (secondary N) is 1. The summed E-state index contributed by atoms with van der Waals surface area (Å²) in [6.45, 7) is 0.333. The Morgan fingerprint density at radius 1 is 1.53 bits per heavy atom. The van der Waals surface area contributed by atoms with Crippen LogP contribution in [0.4, 0.5) is 5.69 Å². The molecule has 0 aliphatic carbocycles. The summed E-state index contributed by atoms with van der Waals surface area (Å²) in [6, 6.07) is 4.00. The highest BCUT2D eigenvalue weighted by atomic mass is 35.5. The molecule has 6 heteroatoms. The van der Waals surface area contributed by atoms with E-state index in [2.05, 4.69) is 5.32 Å². The highest BCUT2D eigenvalue weighted by Crippen LogP contribution is 2.19. The maximum Gasteiger partial charge on any atom is 0.328 e. The van der Waals surface area contributed by atoms with Gasteiger partial charge in [0.1, 0.15) is 6.04 Å². The first-order chi connectivity index (χ1) is 8.08. The molecule has 0 bridgehead atoms. The fourth-order valence-corrected chi connectivity index (χ4v) is 1.85. The van der Waals surface area contributed by atoms with Gasteiger partial charge >= 0.3 is 5.97 Å². The molecule has 1 aromatic carbocycles. The number of halogens is 1. The van der Waals surface area contributed by atoms with Crippen LogP contribution >= 0.6 is 11.6 Å². The zero-order chi connectivity index (χ0) is 12.4. The van der Waals surface area contributed by atoms with Crippen molar-refractivity contribution >= 4 is 29.2 Å². The number of hydrogen-bond donors (Lipinski definition) is 2. The zero-order valence-corrected chi connectivity index (χ0v) is 9.66. The van der Waals surface area contributed by atoms with Crippen molar-refractivity contribution in [3.63, 3.8) is 0 Å². The molecule has 1 unspecified atom stereocenters. The minimum absolute atomic E-state index is 0.258. The van der Waals surface area contributed by atoms with Crippen LogP contribution in [0.2, 0.25) is 5.02 Å². The molecular weight excluding hydrogens is 244 g/mol. The van der Waals surface area contributed by atoms with Gasteiger partial charge in [-0.05, 0) is 18.2 Å². The Balaban J connectivity index is 2.11. The Labute approximate surface area is 103 Å². The maximum atomic E-state index is 11.8. The lowest BCUT2D eigenvalue weighted by atomic mass is 10.1. The van der Waals surface area contributed by atoms with E-state index in [9.17, 15) is 9.59 Å².